The second-order valence-electron chi connectivity index (χ2n) is 2.78. The Morgan fingerprint density at radius 1 is 1.41 bits per heavy atom. The van der Waals surface area contributed by atoms with Crippen molar-refractivity contribution >= 4 is 21.7 Å². The number of nitro groups is 1. The maximum Gasteiger partial charge on any atom is 0.458 e. The summed E-state index contributed by atoms with van der Waals surface area (Å²) in [5.74, 6) is -1.16. The molecule has 17 heavy (non-hydrogen) atoms. The topological polar surface area (TPSA) is 56.0 Å². The Hall–Kier alpha value is -1.32. The van der Waals surface area contributed by atoms with E-state index in [-0.39, 0.29) is 0 Å². The predicted octanol–water partition coefficient (Wildman–Crippen LogP) is 3.71. The molecule has 1 rings (SSSR count). The van der Waals surface area contributed by atoms with Gasteiger partial charge in [0.2, 0.25) is 0 Å². The molecule has 0 aliphatic heterocycles. The standard InChI is InChI=1S/C7H2BrF5N2O2/c8-2-1-3(15(16)17)14-5(7(11,12)13)4(2)6(9)10/h1,6H. The Morgan fingerprint density at radius 2 is 1.94 bits per heavy atom. The van der Waals surface area contributed by atoms with E-state index in [0.717, 1.165) is 0 Å². The zero-order valence-corrected chi connectivity index (χ0v) is 9.22. The number of nitrogens with zero attached hydrogens (tertiary/aromatic N) is 2. The molecule has 0 aliphatic rings. The van der Waals surface area contributed by atoms with Crippen molar-refractivity contribution in [1.29, 1.82) is 0 Å². The van der Waals surface area contributed by atoms with Crippen LogP contribution in [0, 0.1) is 10.1 Å². The minimum atomic E-state index is -5.19. The van der Waals surface area contributed by atoms with Gasteiger partial charge in [-0.05, 0) is 25.8 Å². The van der Waals surface area contributed by atoms with Crippen molar-refractivity contribution in [3.8, 4) is 0 Å². The number of halogens is 6. The fraction of sp³-hybridized carbons (Fsp3) is 0.286. The lowest BCUT2D eigenvalue weighted by Crippen LogP contribution is -2.14. The zero-order valence-electron chi connectivity index (χ0n) is 7.63. The molecule has 0 atom stereocenters. The van der Waals surface area contributed by atoms with Crippen LogP contribution in [-0.2, 0) is 6.18 Å². The zero-order chi connectivity index (χ0) is 13.4. The summed E-state index contributed by atoms with van der Waals surface area (Å²) in [6.07, 6.45) is -8.64. The summed E-state index contributed by atoms with van der Waals surface area (Å²) in [6.45, 7) is 0. The molecule has 0 saturated carbocycles. The van der Waals surface area contributed by atoms with Crippen LogP contribution in [0.1, 0.15) is 17.7 Å². The van der Waals surface area contributed by atoms with Gasteiger partial charge in [0.1, 0.15) is 0 Å². The van der Waals surface area contributed by atoms with Crippen molar-refractivity contribution in [2.24, 2.45) is 0 Å². The summed E-state index contributed by atoms with van der Waals surface area (Å²) in [5.41, 5.74) is -3.38. The Balaban J connectivity index is 3.57. The van der Waals surface area contributed by atoms with E-state index in [1.165, 1.54) is 0 Å². The maximum absolute atomic E-state index is 12.4. The van der Waals surface area contributed by atoms with E-state index >= 15 is 0 Å². The van der Waals surface area contributed by atoms with Gasteiger partial charge in [0.25, 0.3) is 12.1 Å². The van der Waals surface area contributed by atoms with Gasteiger partial charge in [-0.25, -0.2) is 8.78 Å². The fourth-order valence-electron chi connectivity index (χ4n) is 1.03. The lowest BCUT2D eigenvalue weighted by atomic mass is 10.2. The third-order valence-electron chi connectivity index (χ3n) is 1.67. The van der Waals surface area contributed by atoms with Gasteiger partial charge in [0, 0.05) is 4.47 Å². The SMILES string of the molecule is O=[N+]([O-])c1cc(Br)c(C(F)F)c(C(F)(F)F)n1. The summed E-state index contributed by atoms with van der Waals surface area (Å²) < 4.78 is 61.3. The van der Waals surface area contributed by atoms with Crippen LogP contribution in [0.15, 0.2) is 10.5 Å². The van der Waals surface area contributed by atoms with Crippen molar-refractivity contribution in [1.82, 2.24) is 4.98 Å². The average molecular weight is 321 g/mol. The summed E-state index contributed by atoms with van der Waals surface area (Å²) in [4.78, 5) is 11.7. The van der Waals surface area contributed by atoms with E-state index in [4.69, 9.17) is 0 Å². The molecule has 1 aromatic rings. The number of rotatable bonds is 2. The average Bonchev–Trinajstić information content (AvgIpc) is 2.14. The van der Waals surface area contributed by atoms with Crippen LogP contribution in [0.25, 0.3) is 0 Å². The quantitative estimate of drug-likeness (QED) is 0.474. The first-order valence-electron chi connectivity index (χ1n) is 3.84. The molecule has 4 nitrogen and oxygen atoms in total. The van der Waals surface area contributed by atoms with Gasteiger partial charge < -0.3 is 10.1 Å². The molecule has 0 aliphatic carbocycles. The number of alkyl halides is 5. The molecular weight excluding hydrogens is 319 g/mol. The molecule has 0 unspecified atom stereocenters. The highest BCUT2D eigenvalue weighted by Crippen LogP contribution is 2.40. The Kier molecular flexibility index (Phi) is 3.65. The van der Waals surface area contributed by atoms with Crippen LogP contribution in [0.5, 0.6) is 0 Å². The molecule has 0 spiro atoms. The third-order valence-corrected chi connectivity index (χ3v) is 2.32. The first kappa shape index (κ1) is 13.7. The summed E-state index contributed by atoms with van der Waals surface area (Å²) in [7, 11) is 0. The van der Waals surface area contributed by atoms with Crippen molar-refractivity contribution in [2.75, 3.05) is 0 Å². The van der Waals surface area contributed by atoms with E-state index < -0.39 is 39.1 Å². The minimum Gasteiger partial charge on any atom is -0.358 e. The van der Waals surface area contributed by atoms with E-state index in [0.29, 0.717) is 6.07 Å². The summed E-state index contributed by atoms with van der Waals surface area (Å²) in [5, 5.41) is 10.3. The Labute approximate surface area is 98.7 Å². The largest absolute Gasteiger partial charge is 0.458 e. The molecule has 1 aromatic heterocycles. The van der Waals surface area contributed by atoms with Crippen LogP contribution in [0.3, 0.4) is 0 Å². The lowest BCUT2D eigenvalue weighted by molar-refractivity contribution is -0.390. The monoisotopic (exact) mass is 320 g/mol. The molecule has 0 aromatic carbocycles. The van der Waals surface area contributed by atoms with E-state index in [1.54, 1.807) is 0 Å². The molecule has 94 valence electrons. The molecule has 0 bridgehead atoms. The second-order valence-corrected chi connectivity index (χ2v) is 3.63. The second kappa shape index (κ2) is 4.51. The highest BCUT2D eigenvalue weighted by Gasteiger charge is 2.44. The van der Waals surface area contributed by atoms with Gasteiger partial charge in [-0.3, -0.25) is 0 Å². The number of hydrogen-bond donors (Lipinski definition) is 0. The maximum atomic E-state index is 12.4. The molecule has 10 heteroatoms. The van der Waals surface area contributed by atoms with Crippen molar-refractivity contribution in [3.05, 3.63) is 31.9 Å². The third kappa shape index (κ3) is 2.87. The van der Waals surface area contributed by atoms with Crippen LogP contribution >= 0.6 is 15.9 Å². The molecule has 0 amide bonds. The highest BCUT2D eigenvalue weighted by molar-refractivity contribution is 9.10. The first-order chi connectivity index (χ1) is 7.64. The summed E-state index contributed by atoms with van der Waals surface area (Å²) >= 11 is 2.43. The van der Waals surface area contributed by atoms with Crippen molar-refractivity contribution in [2.45, 2.75) is 12.6 Å². The van der Waals surface area contributed by atoms with Gasteiger partial charge in [-0.15, -0.1) is 0 Å². The lowest BCUT2D eigenvalue weighted by Gasteiger charge is -2.09. The van der Waals surface area contributed by atoms with Gasteiger partial charge in [0.05, 0.1) is 11.6 Å². The van der Waals surface area contributed by atoms with Gasteiger partial charge in [-0.1, -0.05) is 0 Å². The van der Waals surface area contributed by atoms with Crippen molar-refractivity contribution < 1.29 is 26.9 Å². The molecule has 0 radical (unpaired) electrons. The number of pyridine rings is 1. The molecule has 1 heterocycles. The Morgan fingerprint density at radius 3 is 2.29 bits per heavy atom. The Bertz CT molecular complexity index is 462. The molecule has 0 N–H and O–H groups in total. The van der Waals surface area contributed by atoms with Crippen LogP contribution in [0.2, 0.25) is 0 Å². The number of aromatic nitrogens is 1. The summed E-state index contributed by atoms with van der Waals surface area (Å²) in [6, 6.07) is 0.497. The van der Waals surface area contributed by atoms with Crippen LogP contribution in [-0.4, -0.2) is 9.91 Å². The van der Waals surface area contributed by atoms with Crippen LogP contribution < -0.4 is 0 Å². The van der Waals surface area contributed by atoms with Crippen molar-refractivity contribution in [3.63, 3.8) is 0 Å². The smallest absolute Gasteiger partial charge is 0.358 e. The van der Waals surface area contributed by atoms with E-state index in [1.807, 2.05) is 0 Å². The highest BCUT2D eigenvalue weighted by atomic mass is 79.9. The van der Waals surface area contributed by atoms with E-state index in [9.17, 15) is 32.1 Å². The molecule has 0 fully saturated rings. The van der Waals surface area contributed by atoms with Crippen LogP contribution in [0.4, 0.5) is 27.8 Å². The fourth-order valence-corrected chi connectivity index (χ4v) is 1.59. The molecular formula is C7H2BrF5N2O2. The predicted molar refractivity (Wildman–Crippen MR) is 48.6 cm³/mol. The first-order valence-corrected chi connectivity index (χ1v) is 4.64. The normalized spacial score (nSPS) is 11.9. The van der Waals surface area contributed by atoms with Gasteiger partial charge in [0.15, 0.2) is 0 Å². The van der Waals surface area contributed by atoms with Gasteiger partial charge >= 0.3 is 12.0 Å². The molecule has 0 saturated heterocycles. The minimum absolute atomic E-state index is 0.497. The van der Waals surface area contributed by atoms with E-state index in [2.05, 4.69) is 20.9 Å². The van der Waals surface area contributed by atoms with Gasteiger partial charge in [-0.2, -0.15) is 13.2 Å². The number of hydrogen-bond acceptors (Lipinski definition) is 3.